The van der Waals surface area contributed by atoms with Crippen molar-refractivity contribution >= 4 is 22.3 Å². The first kappa shape index (κ1) is 11.6. The monoisotopic (exact) mass is 244 g/mol. The molecule has 0 spiro atoms. The Balaban J connectivity index is 2.17. The van der Waals surface area contributed by atoms with Crippen LogP contribution in [-0.4, -0.2) is 9.97 Å². The van der Waals surface area contributed by atoms with Gasteiger partial charge >= 0.3 is 0 Å². The summed E-state index contributed by atoms with van der Waals surface area (Å²) >= 11 is 1.54. The molecule has 0 aromatic carbocycles. The van der Waals surface area contributed by atoms with Crippen LogP contribution in [0.15, 0.2) is 23.6 Å². The second-order valence-electron chi connectivity index (χ2n) is 3.88. The molecule has 0 aliphatic rings. The lowest BCUT2D eigenvalue weighted by Gasteiger charge is -2.01. The molecule has 5 heteroatoms. The van der Waals surface area contributed by atoms with Crippen molar-refractivity contribution in [2.75, 3.05) is 5.32 Å². The van der Waals surface area contributed by atoms with Gasteiger partial charge in [-0.25, -0.2) is 9.97 Å². The number of anilines is 2. The van der Waals surface area contributed by atoms with E-state index in [1.54, 1.807) is 23.5 Å². The van der Waals surface area contributed by atoms with Gasteiger partial charge in [0.1, 0.15) is 17.6 Å². The number of nitrogens with zero attached hydrogens (tertiary/aromatic N) is 3. The first-order valence-electron chi connectivity index (χ1n) is 5.28. The number of hydrogen-bond donors (Lipinski definition) is 1. The van der Waals surface area contributed by atoms with Gasteiger partial charge in [0.15, 0.2) is 5.13 Å². The first-order valence-corrected chi connectivity index (χ1v) is 6.16. The molecule has 4 nitrogen and oxygen atoms in total. The van der Waals surface area contributed by atoms with Crippen molar-refractivity contribution in [1.29, 1.82) is 5.26 Å². The molecule has 0 bridgehead atoms. The largest absolute Gasteiger partial charge is 0.316 e. The molecular weight excluding hydrogens is 232 g/mol. The van der Waals surface area contributed by atoms with Gasteiger partial charge in [-0.1, -0.05) is 19.9 Å². The molecule has 0 saturated heterocycles. The number of pyridine rings is 1. The van der Waals surface area contributed by atoms with E-state index >= 15 is 0 Å². The van der Waals surface area contributed by atoms with Crippen LogP contribution in [0.5, 0.6) is 0 Å². The van der Waals surface area contributed by atoms with Crippen molar-refractivity contribution in [2.45, 2.75) is 19.8 Å². The quantitative estimate of drug-likeness (QED) is 0.900. The minimum Gasteiger partial charge on any atom is -0.316 e. The van der Waals surface area contributed by atoms with Crippen molar-refractivity contribution in [3.63, 3.8) is 0 Å². The Morgan fingerprint density at radius 1 is 1.35 bits per heavy atom. The summed E-state index contributed by atoms with van der Waals surface area (Å²) < 4.78 is 0. The van der Waals surface area contributed by atoms with Crippen LogP contribution in [0.1, 0.15) is 31.2 Å². The van der Waals surface area contributed by atoms with E-state index in [1.165, 1.54) is 0 Å². The van der Waals surface area contributed by atoms with E-state index in [0.29, 0.717) is 17.4 Å². The second-order valence-corrected chi connectivity index (χ2v) is 4.74. The zero-order valence-corrected chi connectivity index (χ0v) is 10.5. The third-order valence-corrected chi connectivity index (χ3v) is 2.99. The molecular formula is C12H12N4S. The Bertz CT molecular complexity index is 554. The van der Waals surface area contributed by atoms with E-state index in [9.17, 15) is 0 Å². The lowest BCUT2D eigenvalue weighted by atomic mass is 10.2. The molecule has 0 aliphatic heterocycles. The maximum absolute atomic E-state index is 8.75. The van der Waals surface area contributed by atoms with E-state index in [1.807, 2.05) is 17.5 Å². The summed E-state index contributed by atoms with van der Waals surface area (Å²) in [5.74, 6) is 1.06. The van der Waals surface area contributed by atoms with Crippen molar-refractivity contribution in [1.82, 2.24) is 9.97 Å². The number of nitrogens with one attached hydrogen (secondary N) is 1. The number of nitriles is 1. The summed E-state index contributed by atoms with van der Waals surface area (Å²) in [6.07, 6.45) is 0. The molecule has 86 valence electrons. The highest BCUT2D eigenvalue weighted by Crippen LogP contribution is 2.23. The zero-order valence-electron chi connectivity index (χ0n) is 9.64. The molecule has 0 saturated carbocycles. The van der Waals surface area contributed by atoms with Crippen LogP contribution in [0.3, 0.4) is 0 Å². The zero-order chi connectivity index (χ0) is 12.3. The highest BCUT2D eigenvalue weighted by atomic mass is 32.1. The summed E-state index contributed by atoms with van der Waals surface area (Å²) in [6.45, 7) is 4.21. The molecule has 2 heterocycles. The Morgan fingerprint density at radius 3 is 2.82 bits per heavy atom. The summed E-state index contributed by atoms with van der Waals surface area (Å²) in [5, 5.41) is 14.7. The van der Waals surface area contributed by atoms with Crippen molar-refractivity contribution < 1.29 is 0 Å². The van der Waals surface area contributed by atoms with Crippen LogP contribution in [0.4, 0.5) is 10.9 Å². The third-order valence-electron chi connectivity index (χ3n) is 2.21. The third kappa shape index (κ3) is 2.80. The Morgan fingerprint density at radius 2 is 2.18 bits per heavy atom. The van der Waals surface area contributed by atoms with Crippen molar-refractivity contribution in [3.05, 3.63) is 35.0 Å². The van der Waals surface area contributed by atoms with E-state index in [-0.39, 0.29) is 0 Å². The van der Waals surface area contributed by atoms with Crippen LogP contribution >= 0.6 is 11.3 Å². The first-order chi connectivity index (χ1) is 8.19. The molecule has 0 fully saturated rings. The smallest absolute Gasteiger partial charge is 0.188 e. The topological polar surface area (TPSA) is 61.6 Å². The average Bonchev–Trinajstić information content (AvgIpc) is 2.78. The van der Waals surface area contributed by atoms with Crippen molar-refractivity contribution in [2.24, 2.45) is 0 Å². The highest BCUT2D eigenvalue weighted by molar-refractivity contribution is 7.13. The predicted octanol–water partition coefficient (Wildman–Crippen LogP) is 3.28. The molecule has 0 atom stereocenters. The van der Waals surface area contributed by atoms with Crippen LogP contribution < -0.4 is 5.32 Å². The van der Waals surface area contributed by atoms with E-state index in [0.717, 1.165) is 10.8 Å². The van der Waals surface area contributed by atoms with Crippen LogP contribution in [0.2, 0.25) is 0 Å². The molecule has 0 radical (unpaired) electrons. The maximum Gasteiger partial charge on any atom is 0.188 e. The standard InChI is InChI=1S/C12H12N4S/c1-8(2)10-7-17-12(15-10)16-11-5-3-4-9(6-13)14-11/h3-5,7-8H,1-2H3,(H,14,15,16). The molecule has 0 aliphatic carbocycles. The lowest BCUT2D eigenvalue weighted by molar-refractivity contribution is 0.834. The van der Waals surface area contributed by atoms with E-state index in [2.05, 4.69) is 29.1 Å². The van der Waals surface area contributed by atoms with Gasteiger partial charge in [-0.05, 0) is 18.1 Å². The summed E-state index contributed by atoms with van der Waals surface area (Å²) in [6, 6.07) is 7.29. The summed E-state index contributed by atoms with van der Waals surface area (Å²) in [5.41, 5.74) is 1.46. The van der Waals surface area contributed by atoms with Gasteiger partial charge in [0.25, 0.3) is 0 Å². The van der Waals surface area contributed by atoms with Gasteiger partial charge in [-0.3, -0.25) is 0 Å². The van der Waals surface area contributed by atoms with Crippen LogP contribution in [0, 0.1) is 11.3 Å². The summed E-state index contributed by atoms with van der Waals surface area (Å²) in [7, 11) is 0. The lowest BCUT2D eigenvalue weighted by Crippen LogP contribution is -1.95. The van der Waals surface area contributed by atoms with Gasteiger partial charge in [-0.2, -0.15) is 5.26 Å². The Labute approximate surface area is 104 Å². The molecule has 0 amide bonds. The van der Waals surface area contributed by atoms with E-state index in [4.69, 9.17) is 5.26 Å². The predicted molar refractivity (Wildman–Crippen MR) is 68.4 cm³/mol. The number of thiazole rings is 1. The molecule has 2 aromatic heterocycles. The molecule has 0 unspecified atom stereocenters. The van der Waals surface area contributed by atoms with Gasteiger partial charge in [0, 0.05) is 5.38 Å². The fourth-order valence-electron chi connectivity index (χ4n) is 1.28. The maximum atomic E-state index is 8.75. The van der Waals surface area contributed by atoms with Crippen molar-refractivity contribution in [3.8, 4) is 6.07 Å². The van der Waals surface area contributed by atoms with Crippen LogP contribution in [-0.2, 0) is 0 Å². The van der Waals surface area contributed by atoms with Gasteiger partial charge < -0.3 is 5.32 Å². The van der Waals surface area contributed by atoms with Crippen LogP contribution in [0.25, 0.3) is 0 Å². The molecule has 2 rings (SSSR count). The Hall–Kier alpha value is -1.93. The van der Waals surface area contributed by atoms with Gasteiger partial charge in [0.2, 0.25) is 0 Å². The Kier molecular flexibility index (Phi) is 3.35. The summed E-state index contributed by atoms with van der Waals surface area (Å²) in [4.78, 5) is 8.58. The van der Waals surface area contributed by atoms with E-state index < -0.39 is 0 Å². The average molecular weight is 244 g/mol. The second kappa shape index (κ2) is 4.93. The fraction of sp³-hybridized carbons (Fsp3) is 0.250. The SMILES string of the molecule is CC(C)c1csc(Nc2cccc(C#N)n2)n1. The minimum absolute atomic E-state index is 0.399. The van der Waals surface area contributed by atoms with Gasteiger partial charge in [-0.15, -0.1) is 11.3 Å². The fourth-order valence-corrected chi connectivity index (χ4v) is 2.16. The molecule has 2 aromatic rings. The molecule has 17 heavy (non-hydrogen) atoms. The highest BCUT2D eigenvalue weighted by Gasteiger charge is 2.06. The number of rotatable bonds is 3. The molecule has 1 N–H and O–H groups in total. The number of hydrogen-bond acceptors (Lipinski definition) is 5. The normalized spacial score (nSPS) is 10.2. The number of aromatic nitrogens is 2. The minimum atomic E-state index is 0.399. The van der Waals surface area contributed by atoms with Gasteiger partial charge in [0.05, 0.1) is 5.69 Å².